The van der Waals surface area contributed by atoms with Crippen LogP contribution in [0.5, 0.6) is 0 Å². The van der Waals surface area contributed by atoms with E-state index in [0.717, 1.165) is 5.56 Å². The Morgan fingerprint density at radius 2 is 1.83 bits per heavy atom. The molecule has 0 saturated carbocycles. The number of aromatic nitrogens is 3. The number of nitro benzene ring substituents is 1. The highest BCUT2D eigenvalue weighted by atomic mass is 16.6. The lowest BCUT2D eigenvalue weighted by Gasteiger charge is -2.08. The van der Waals surface area contributed by atoms with Crippen molar-refractivity contribution in [2.75, 3.05) is 23.7 Å². The molecule has 0 fully saturated rings. The number of pyridine rings is 1. The Kier molecular flexibility index (Phi) is 6.25. The van der Waals surface area contributed by atoms with Crippen molar-refractivity contribution in [1.29, 1.82) is 0 Å². The van der Waals surface area contributed by atoms with Gasteiger partial charge in [0.05, 0.1) is 4.92 Å². The second-order valence-corrected chi connectivity index (χ2v) is 6.14. The van der Waals surface area contributed by atoms with E-state index in [2.05, 4.69) is 31.1 Å². The number of benzene rings is 1. The Bertz CT molecular complexity index is 1010. The van der Waals surface area contributed by atoms with Gasteiger partial charge in [-0.3, -0.25) is 14.9 Å². The molecule has 0 aliphatic rings. The predicted molar refractivity (Wildman–Crippen MR) is 108 cm³/mol. The van der Waals surface area contributed by atoms with Crippen LogP contribution >= 0.6 is 0 Å². The molecule has 0 unspecified atom stereocenters. The van der Waals surface area contributed by atoms with E-state index in [1.807, 2.05) is 19.1 Å². The molecule has 0 saturated heterocycles. The number of hydrogen-bond acceptors (Lipinski definition) is 8. The van der Waals surface area contributed by atoms with Gasteiger partial charge in [-0.25, -0.2) is 4.98 Å². The number of amides is 1. The molecule has 0 atom stereocenters. The Morgan fingerprint density at radius 3 is 2.55 bits per heavy atom. The first kappa shape index (κ1) is 19.7. The summed E-state index contributed by atoms with van der Waals surface area (Å²) in [5, 5.41) is 27.7. The van der Waals surface area contributed by atoms with E-state index in [1.165, 1.54) is 24.3 Å². The topological polar surface area (TPSA) is 135 Å². The molecular weight excluding hydrogens is 374 g/mol. The largest absolute Gasteiger partial charge is 0.367 e. The van der Waals surface area contributed by atoms with Crippen molar-refractivity contribution in [3.05, 3.63) is 76.0 Å². The summed E-state index contributed by atoms with van der Waals surface area (Å²) in [5.74, 6) is 1.42. The van der Waals surface area contributed by atoms with Gasteiger partial charge in [0.2, 0.25) is 0 Å². The summed E-state index contributed by atoms with van der Waals surface area (Å²) in [6, 6.07) is 12.9. The fraction of sp³-hybridized carbons (Fsp3) is 0.158. The van der Waals surface area contributed by atoms with Gasteiger partial charge in [-0.1, -0.05) is 6.07 Å². The van der Waals surface area contributed by atoms with Gasteiger partial charge in [-0.15, -0.1) is 10.2 Å². The summed E-state index contributed by atoms with van der Waals surface area (Å²) >= 11 is 0. The minimum atomic E-state index is -0.537. The molecule has 0 radical (unpaired) electrons. The van der Waals surface area contributed by atoms with Crippen molar-refractivity contribution < 1.29 is 9.72 Å². The third-order valence-corrected chi connectivity index (χ3v) is 3.87. The molecule has 3 N–H and O–H groups in total. The molecular formula is C19H19N7O3. The number of anilines is 3. The molecule has 10 nitrogen and oxygen atoms in total. The van der Waals surface area contributed by atoms with Crippen LogP contribution in [-0.4, -0.2) is 39.1 Å². The van der Waals surface area contributed by atoms with Gasteiger partial charge in [0.1, 0.15) is 11.6 Å². The van der Waals surface area contributed by atoms with Crippen LogP contribution in [0.1, 0.15) is 15.9 Å². The lowest BCUT2D eigenvalue weighted by Crippen LogP contribution is -2.28. The van der Waals surface area contributed by atoms with E-state index in [9.17, 15) is 14.9 Å². The van der Waals surface area contributed by atoms with E-state index >= 15 is 0 Å². The van der Waals surface area contributed by atoms with Crippen LogP contribution in [0, 0.1) is 17.0 Å². The summed E-state index contributed by atoms with van der Waals surface area (Å²) in [4.78, 5) is 26.5. The zero-order valence-corrected chi connectivity index (χ0v) is 15.6. The van der Waals surface area contributed by atoms with Crippen LogP contribution in [-0.2, 0) is 0 Å². The van der Waals surface area contributed by atoms with E-state index in [0.29, 0.717) is 30.5 Å². The van der Waals surface area contributed by atoms with Crippen LogP contribution < -0.4 is 16.0 Å². The standard InChI is InChI=1S/C19H19N7O3/c1-13-7-8-20-18(11-13)23-17-6-5-16(24-25-17)21-9-10-22-19(27)14-3-2-4-15(12-14)26(28)29/h2-8,11-12H,9-10H2,1H3,(H,21,24)(H,22,27)(H,20,23,25). The smallest absolute Gasteiger partial charge is 0.270 e. The third kappa shape index (κ3) is 5.70. The number of nitrogens with zero attached hydrogens (tertiary/aromatic N) is 4. The molecule has 1 amide bonds. The summed E-state index contributed by atoms with van der Waals surface area (Å²) in [6.45, 7) is 2.71. The van der Waals surface area contributed by atoms with Gasteiger partial charge in [0.25, 0.3) is 11.6 Å². The molecule has 2 aromatic heterocycles. The summed E-state index contributed by atoms with van der Waals surface area (Å²) < 4.78 is 0. The van der Waals surface area contributed by atoms with E-state index in [1.54, 1.807) is 18.3 Å². The normalized spacial score (nSPS) is 10.2. The number of rotatable bonds is 8. The molecule has 148 valence electrons. The Labute approximate surface area is 166 Å². The number of nitro groups is 1. The van der Waals surface area contributed by atoms with Crippen molar-refractivity contribution >= 4 is 29.0 Å². The van der Waals surface area contributed by atoms with Gasteiger partial charge in [0, 0.05) is 37.0 Å². The maximum absolute atomic E-state index is 12.1. The quantitative estimate of drug-likeness (QED) is 0.302. The number of aryl methyl sites for hydroxylation is 1. The molecule has 3 rings (SSSR count). The zero-order chi connectivity index (χ0) is 20.6. The maximum atomic E-state index is 12.1. The highest BCUT2D eigenvalue weighted by molar-refractivity contribution is 5.94. The van der Waals surface area contributed by atoms with Gasteiger partial charge >= 0.3 is 0 Å². The van der Waals surface area contributed by atoms with Crippen LogP contribution in [0.25, 0.3) is 0 Å². The molecule has 0 bridgehead atoms. The average molecular weight is 393 g/mol. The monoisotopic (exact) mass is 393 g/mol. The second-order valence-electron chi connectivity index (χ2n) is 6.14. The van der Waals surface area contributed by atoms with Crippen molar-refractivity contribution in [2.45, 2.75) is 6.92 Å². The molecule has 1 aromatic carbocycles. The molecule has 0 aliphatic heterocycles. The van der Waals surface area contributed by atoms with Gasteiger partial charge in [0.15, 0.2) is 5.82 Å². The van der Waals surface area contributed by atoms with Crippen LogP contribution in [0.2, 0.25) is 0 Å². The molecule has 2 heterocycles. The van der Waals surface area contributed by atoms with Crippen LogP contribution in [0.15, 0.2) is 54.7 Å². The number of nitrogens with one attached hydrogen (secondary N) is 3. The highest BCUT2D eigenvalue weighted by Crippen LogP contribution is 2.14. The van der Waals surface area contributed by atoms with Crippen molar-refractivity contribution in [1.82, 2.24) is 20.5 Å². The maximum Gasteiger partial charge on any atom is 0.270 e. The first-order valence-corrected chi connectivity index (χ1v) is 8.81. The number of non-ortho nitro benzene ring substituents is 1. The first-order valence-electron chi connectivity index (χ1n) is 8.81. The molecule has 0 aliphatic carbocycles. The fourth-order valence-corrected chi connectivity index (χ4v) is 2.46. The van der Waals surface area contributed by atoms with Gasteiger partial charge < -0.3 is 16.0 Å². The Morgan fingerprint density at radius 1 is 1.03 bits per heavy atom. The average Bonchev–Trinajstić information content (AvgIpc) is 2.72. The van der Waals surface area contributed by atoms with E-state index in [-0.39, 0.29) is 17.2 Å². The number of hydrogen-bond donors (Lipinski definition) is 3. The fourth-order valence-electron chi connectivity index (χ4n) is 2.46. The Balaban J connectivity index is 1.45. The van der Waals surface area contributed by atoms with Crippen molar-refractivity contribution in [2.24, 2.45) is 0 Å². The van der Waals surface area contributed by atoms with Crippen LogP contribution in [0.3, 0.4) is 0 Å². The molecule has 29 heavy (non-hydrogen) atoms. The highest BCUT2D eigenvalue weighted by Gasteiger charge is 2.10. The van der Waals surface area contributed by atoms with Crippen molar-refractivity contribution in [3.63, 3.8) is 0 Å². The third-order valence-electron chi connectivity index (χ3n) is 3.87. The SMILES string of the molecule is Cc1ccnc(Nc2ccc(NCCNC(=O)c3cccc([N+](=O)[O-])c3)nn2)c1. The Hall–Kier alpha value is -4.08. The lowest BCUT2D eigenvalue weighted by atomic mass is 10.2. The summed E-state index contributed by atoms with van der Waals surface area (Å²) in [6.07, 6.45) is 1.71. The minimum Gasteiger partial charge on any atom is -0.367 e. The first-order chi connectivity index (χ1) is 14.0. The molecule has 10 heteroatoms. The molecule has 0 spiro atoms. The number of carbonyl (C=O) groups is 1. The summed E-state index contributed by atoms with van der Waals surface area (Å²) in [7, 11) is 0. The van der Waals surface area contributed by atoms with Gasteiger partial charge in [-0.2, -0.15) is 0 Å². The lowest BCUT2D eigenvalue weighted by molar-refractivity contribution is -0.384. The minimum absolute atomic E-state index is 0.124. The van der Waals surface area contributed by atoms with Crippen molar-refractivity contribution in [3.8, 4) is 0 Å². The van der Waals surface area contributed by atoms with E-state index in [4.69, 9.17) is 0 Å². The summed E-state index contributed by atoms with van der Waals surface area (Å²) in [5.41, 5.74) is 1.20. The van der Waals surface area contributed by atoms with Crippen LogP contribution in [0.4, 0.5) is 23.1 Å². The number of carbonyl (C=O) groups excluding carboxylic acids is 1. The second kappa shape index (κ2) is 9.22. The van der Waals surface area contributed by atoms with Gasteiger partial charge in [-0.05, 0) is 42.8 Å². The van der Waals surface area contributed by atoms with E-state index < -0.39 is 4.92 Å². The zero-order valence-electron chi connectivity index (χ0n) is 15.6. The predicted octanol–water partition coefficient (Wildman–Crippen LogP) is 2.67. The molecule has 3 aromatic rings.